The third-order valence-corrected chi connectivity index (χ3v) is 2.11. The Labute approximate surface area is 89.1 Å². The fraction of sp³-hybridized carbons (Fsp3) is 0.600. The van der Waals surface area contributed by atoms with Crippen molar-refractivity contribution < 1.29 is 9.90 Å². The first-order valence-electron chi connectivity index (χ1n) is 5.09. The van der Waals surface area contributed by atoms with Crippen molar-refractivity contribution in [3.05, 3.63) is 17.5 Å². The van der Waals surface area contributed by atoms with E-state index in [1.165, 1.54) is 0 Å². The third-order valence-electron chi connectivity index (χ3n) is 2.11. The molecule has 0 aliphatic heterocycles. The molecule has 0 aromatic carbocycles. The summed E-state index contributed by atoms with van der Waals surface area (Å²) < 4.78 is 1.92. The molecule has 1 heterocycles. The highest BCUT2D eigenvalue weighted by molar-refractivity contribution is 5.66. The van der Waals surface area contributed by atoms with E-state index in [4.69, 9.17) is 5.11 Å². The highest BCUT2D eigenvalue weighted by Crippen LogP contribution is 2.02. The van der Waals surface area contributed by atoms with Crippen molar-refractivity contribution in [1.82, 2.24) is 15.1 Å². The van der Waals surface area contributed by atoms with E-state index in [2.05, 4.69) is 10.4 Å². The van der Waals surface area contributed by atoms with Crippen LogP contribution in [0, 0.1) is 6.92 Å². The smallest absolute Gasteiger partial charge is 0.304 e. The van der Waals surface area contributed by atoms with E-state index in [1.54, 1.807) is 0 Å². The van der Waals surface area contributed by atoms with Crippen LogP contribution in [-0.2, 0) is 17.9 Å². The Balaban J connectivity index is 2.39. The number of carbonyl (C=O) groups is 1. The van der Waals surface area contributed by atoms with Crippen LogP contribution >= 0.6 is 0 Å². The van der Waals surface area contributed by atoms with Crippen LogP contribution < -0.4 is 5.32 Å². The van der Waals surface area contributed by atoms with Gasteiger partial charge >= 0.3 is 5.97 Å². The van der Waals surface area contributed by atoms with E-state index in [9.17, 15) is 4.79 Å². The second-order valence-corrected chi connectivity index (χ2v) is 3.41. The standard InChI is InChI=1S/C10H17N3O2/c1-3-13-9(6-8(2)12-13)7-11-5-4-10(14)15/h6,11H,3-5,7H2,1-2H3,(H,14,15). The zero-order valence-corrected chi connectivity index (χ0v) is 9.16. The quantitative estimate of drug-likeness (QED) is 0.682. The third kappa shape index (κ3) is 3.71. The van der Waals surface area contributed by atoms with Gasteiger partial charge in [0.05, 0.1) is 17.8 Å². The molecule has 84 valence electrons. The summed E-state index contributed by atoms with van der Waals surface area (Å²) in [5, 5.41) is 15.8. The first-order chi connectivity index (χ1) is 7.13. The van der Waals surface area contributed by atoms with Gasteiger partial charge in [0.2, 0.25) is 0 Å². The van der Waals surface area contributed by atoms with Gasteiger partial charge < -0.3 is 10.4 Å². The molecule has 1 aromatic rings. The molecule has 0 unspecified atom stereocenters. The van der Waals surface area contributed by atoms with E-state index >= 15 is 0 Å². The van der Waals surface area contributed by atoms with Gasteiger partial charge in [-0.3, -0.25) is 9.48 Å². The molecule has 0 saturated carbocycles. The molecule has 0 atom stereocenters. The number of aryl methyl sites for hydroxylation is 2. The van der Waals surface area contributed by atoms with Gasteiger partial charge in [-0.25, -0.2) is 0 Å². The van der Waals surface area contributed by atoms with Crippen molar-refractivity contribution in [1.29, 1.82) is 0 Å². The van der Waals surface area contributed by atoms with E-state index in [-0.39, 0.29) is 6.42 Å². The molecule has 0 amide bonds. The lowest BCUT2D eigenvalue weighted by atomic mass is 10.3. The van der Waals surface area contributed by atoms with Gasteiger partial charge in [0.25, 0.3) is 0 Å². The summed E-state index contributed by atoms with van der Waals surface area (Å²) in [5.74, 6) is -0.775. The molecule has 1 aromatic heterocycles. The second kappa shape index (κ2) is 5.50. The average Bonchev–Trinajstić information content (AvgIpc) is 2.53. The van der Waals surface area contributed by atoms with Gasteiger partial charge in [-0.2, -0.15) is 5.10 Å². The molecular formula is C10H17N3O2. The number of hydrogen-bond acceptors (Lipinski definition) is 3. The van der Waals surface area contributed by atoms with Crippen molar-refractivity contribution in [2.24, 2.45) is 0 Å². The molecule has 0 aliphatic carbocycles. The zero-order chi connectivity index (χ0) is 11.3. The first-order valence-corrected chi connectivity index (χ1v) is 5.09. The maximum absolute atomic E-state index is 10.3. The Bertz CT molecular complexity index is 333. The largest absolute Gasteiger partial charge is 0.481 e. The minimum absolute atomic E-state index is 0.152. The number of aliphatic carboxylic acids is 1. The molecule has 15 heavy (non-hydrogen) atoms. The maximum Gasteiger partial charge on any atom is 0.304 e. The lowest BCUT2D eigenvalue weighted by Gasteiger charge is -2.05. The molecule has 0 bridgehead atoms. The molecular weight excluding hydrogens is 194 g/mol. The van der Waals surface area contributed by atoms with Crippen LogP contribution in [0.25, 0.3) is 0 Å². The second-order valence-electron chi connectivity index (χ2n) is 3.41. The Kier molecular flexibility index (Phi) is 4.30. The summed E-state index contributed by atoms with van der Waals surface area (Å²) >= 11 is 0. The highest BCUT2D eigenvalue weighted by atomic mass is 16.4. The molecule has 0 fully saturated rings. The Morgan fingerprint density at radius 2 is 2.40 bits per heavy atom. The number of nitrogens with one attached hydrogen (secondary N) is 1. The number of carboxylic acid groups (broad SMARTS) is 1. The monoisotopic (exact) mass is 211 g/mol. The summed E-state index contributed by atoms with van der Waals surface area (Å²) in [6.45, 7) is 5.98. The number of hydrogen-bond donors (Lipinski definition) is 2. The van der Waals surface area contributed by atoms with Crippen LogP contribution in [0.15, 0.2) is 6.07 Å². The van der Waals surface area contributed by atoms with Crippen LogP contribution in [0.4, 0.5) is 0 Å². The van der Waals surface area contributed by atoms with Crippen molar-refractivity contribution in [2.75, 3.05) is 6.54 Å². The van der Waals surface area contributed by atoms with E-state index in [0.717, 1.165) is 17.9 Å². The van der Waals surface area contributed by atoms with Crippen LogP contribution in [0.2, 0.25) is 0 Å². The molecule has 0 saturated heterocycles. The van der Waals surface area contributed by atoms with Gasteiger partial charge in [-0.1, -0.05) is 0 Å². The molecule has 5 nitrogen and oxygen atoms in total. The Morgan fingerprint density at radius 1 is 1.67 bits per heavy atom. The van der Waals surface area contributed by atoms with Crippen LogP contribution in [-0.4, -0.2) is 27.4 Å². The van der Waals surface area contributed by atoms with Gasteiger partial charge in [0.1, 0.15) is 0 Å². The van der Waals surface area contributed by atoms with Gasteiger partial charge in [-0.05, 0) is 19.9 Å². The molecule has 0 aliphatic rings. The maximum atomic E-state index is 10.3. The predicted molar refractivity (Wildman–Crippen MR) is 56.6 cm³/mol. The number of carboxylic acids is 1. The summed E-state index contributed by atoms with van der Waals surface area (Å²) in [6.07, 6.45) is 0.152. The number of rotatable bonds is 6. The van der Waals surface area contributed by atoms with Crippen LogP contribution in [0.5, 0.6) is 0 Å². The van der Waals surface area contributed by atoms with Gasteiger partial charge in [0.15, 0.2) is 0 Å². The first kappa shape index (κ1) is 11.7. The van der Waals surface area contributed by atoms with Crippen molar-refractivity contribution in [3.63, 3.8) is 0 Å². The number of aromatic nitrogens is 2. The van der Waals surface area contributed by atoms with Crippen LogP contribution in [0.1, 0.15) is 24.7 Å². The minimum Gasteiger partial charge on any atom is -0.481 e. The topological polar surface area (TPSA) is 67.2 Å². The fourth-order valence-corrected chi connectivity index (χ4v) is 1.43. The van der Waals surface area contributed by atoms with Crippen LogP contribution in [0.3, 0.4) is 0 Å². The Hall–Kier alpha value is -1.36. The van der Waals surface area contributed by atoms with E-state index < -0.39 is 5.97 Å². The van der Waals surface area contributed by atoms with E-state index in [0.29, 0.717) is 13.1 Å². The lowest BCUT2D eigenvalue weighted by Crippen LogP contribution is -2.19. The molecule has 5 heteroatoms. The summed E-state index contributed by atoms with van der Waals surface area (Å²) in [4.78, 5) is 10.3. The Morgan fingerprint density at radius 3 is 3.00 bits per heavy atom. The zero-order valence-electron chi connectivity index (χ0n) is 9.16. The lowest BCUT2D eigenvalue weighted by molar-refractivity contribution is -0.136. The summed E-state index contributed by atoms with van der Waals surface area (Å²) in [7, 11) is 0. The fourth-order valence-electron chi connectivity index (χ4n) is 1.43. The van der Waals surface area contributed by atoms with E-state index in [1.807, 2.05) is 24.6 Å². The molecule has 0 spiro atoms. The minimum atomic E-state index is -0.775. The van der Waals surface area contributed by atoms with Gasteiger partial charge in [0, 0.05) is 19.6 Å². The van der Waals surface area contributed by atoms with Gasteiger partial charge in [-0.15, -0.1) is 0 Å². The SMILES string of the molecule is CCn1nc(C)cc1CNCCC(=O)O. The molecule has 0 radical (unpaired) electrons. The number of nitrogens with zero attached hydrogens (tertiary/aromatic N) is 2. The normalized spacial score (nSPS) is 10.5. The predicted octanol–water partition coefficient (Wildman–Crippen LogP) is 0.776. The van der Waals surface area contributed by atoms with Crippen molar-refractivity contribution in [3.8, 4) is 0 Å². The summed E-state index contributed by atoms with van der Waals surface area (Å²) in [5.41, 5.74) is 2.09. The summed E-state index contributed by atoms with van der Waals surface area (Å²) in [6, 6.07) is 2.01. The average molecular weight is 211 g/mol. The molecule has 2 N–H and O–H groups in total. The highest BCUT2D eigenvalue weighted by Gasteiger charge is 2.03. The van der Waals surface area contributed by atoms with Crippen molar-refractivity contribution >= 4 is 5.97 Å². The van der Waals surface area contributed by atoms with Crippen molar-refractivity contribution in [2.45, 2.75) is 33.4 Å². The molecule has 1 rings (SSSR count).